The van der Waals surface area contributed by atoms with Crippen LogP contribution in [0.5, 0.6) is 5.75 Å². The highest BCUT2D eigenvalue weighted by molar-refractivity contribution is 5.38. The Kier molecular flexibility index (Phi) is 3.16. The first kappa shape index (κ1) is 11.7. The molecule has 1 aliphatic rings. The Morgan fingerprint density at radius 3 is 2.95 bits per heavy atom. The molecular weight excluding hydrogens is 236 g/mol. The second kappa shape index (κ2) is 5.11. The molecule has 1 heterocycles. The monoisotopic (exact) mass is 250 g/mol. The molecule has 19 heavy (non-hydrogen) atoms. The van der Waals surface area contributed by atoms with E-state index >= 15 is 0 Å². The van der Waals surface area contributed by atoms with Crippen LogP contribution in [-0.2, 0) is 19.4 Å². The van der Waals surface area contributed by atoms with E-state index in [1.54, 1.807) is 12.3 Å². The molecule has 3 heteroatoms. The third-order valence-corrected chi connectivity index (χ3v) is 3.41. The number of aryl methyl sites for hydroxylation is 2. The van der Waals surface area contributed by atoms with Gasteiger partial charge in [-0.1, -0.05) is 6.07 Å². The van der Waals surface area contributed by atoms with Crippen molar-refractivity contribution >= 4 is 0 Å². The van der Waals surface area contributed by atoms with Crippen LogP contribution in [0, 0.1) is 11.3 Å². The lowest BCUT2D eigenvalue weighted by atomic mass is 10.1. The average molecular weight is 250 g/mol. The third-order valence-electron chi connectivity index (χ3n) is 3.41. The molecule has 0 atom stereocenters. The van der Waals surface area contributed by atoms with Crippen molar-refractivity contribution in [3.05, 3.63) is 58.9 Å². The van der Waals surface area contributed by atoms with Crippen molar-refractivity contribution in [2.24, 2.45) is 0 Å². The molecule has 0 unspecified atom stereocenters. The minimum absolute atomic E-state index is 0.426. The highest BCUT2D eigenvalue weighted by atomic mass is 16.5. The fourth-order valence-corrected chi connectivity index (χ4v) is 2.43. The summed E-state index contributed by atoms with van der Waals surface area (Å²) in [4.78, 5) is 3.94. The standard InChI is InChI=1S/C16H14N2O/c17-10-15-8-12(6-7-18-15)11-19-16-5-4-13-2-1-3-14(13)9-16/h4-9H,1-3,11H2. The van der Waals surface area contributed by atoms with Crippen LogP contribution in [0.15, 0.2) is 36.5 Å². The summed E-state index contributed by atoms with van der Waals surface area (Å²) in [6.45, 7) is 0.468. The van der Waals surface area contributed by atoms with Gasteiger partial charge in [0, 0.05) is 6.20 Å². The van der Waals surface area contributed by atoms with Gasteiger partial charge >= 0.3 is 0 Å². The van der Waals surface area contributed by atoms with Crippen LogP contribution in [0.25, 0.3) is 0 Å². The van der Waals surface area contributed by atoms with E-state index < -0.39 is 0 Å². The van der Waals surface area contributed by atoms with Gasteiger partial charge in [-0.15, -0.1) is 0 Å². The summed E-state index contributed by atoms with van der Waals surface area (Å²) in [6, 6.07) is 12.0. The lowest BCUT2D eigenvalue weighted by molar-refractivity contribution is 0.306. The molecule has 0 N–H and O–H groups in total. The van der Waals surface area contributed by atoms with Crippen LogP contribution in [0.2, 0.25) is 0 Å². The van der Waals surface area contributed by atoms with Crippen molar-refractivity contribution in [3.63, 3.8) is 0 Å². The number of pyridine rings is 1. The number of nitrogens with zero attached hydrogens (tertiary/aromatic N) is 2. The highest BCUT2D eigenvalue weighted by Gasteiger charge is 2.11. The van der Waals surface area contributed by atoms with Gasteiger partial charge in [-0.25, -0.2) is 4.98 Å². The number of benzene rings is 1. The summed E-state index contributed by atoms with van der Waals surface area (Å²) < 4.78 is 5.78. The van der Waals surface area contributed by atoms with Crippen LogP contribution < -0.4 is 4.74 Å². The SMILES string of the molecule is N#Cc1cc(COc2ccc3c(c2)CCC3)ccn1. The lowest BCUT2D eigenvalue weighted by Gasteiger charge is -2.08. The molecule has 0 bridgehead atoms. The van der Waals surface area contributed by atoms with E-state index in [0.29, 0.717) is 12.3 Å². The highest BCUT2D eigenvalue weighted by Crippen LogP contribution is 2.26. The van der Waals surface area contributed by atoms with Gasteiger partial charge in [-0.05, 0) is 60.2 Å². The number of aromatic nitrogens is 1. The number of ether oxygens (including phenoxy) is 1. The first-order chi connectivity index (χ1) is 9.35. The molecule has 0 fully saturated rings. The second-order valence-corrected chi connectivity index (χ2v) is 4.73. The molecule has 0 aliphatic heterocycles. The molecule has 3 nitrogen and oxygen atoms in total. The van der Waals surface area contributed by atoms with E-state index in [9.17, 15) is 0 Å². The predicted octanol–water partition coefficient (Wildman–Crippen LogP) is 3.02. The Hall–Kier alpha value is -2.34. The van der Waals surface area contributed by atoms with Crippen molar-refractivity contribution < 1.29 is 4.74 Å². The Morgan fingerprint density at radius 2 is 2.05 bits per heavy atom. The van der Waals surface area contributed by atoms with Crippen LogP contribution in [0.3, 0.4) is 0 Å². The molecule has 3 rings (SSSR count). The maximum atomic E-state index is 8.80. The molecule has 0 amide bonds. The first-order valence-corrected chi connectivity index (χ1v) is 6.45. The topological polar surface area (TPSA) is 45.9 Å². The molecule has 0 spiro atoms. The van der Waals surface area contributed by atoms with Gasteiger partial charge in [0.15, 0.2) is 0 Å². The minimum atomic E-state index is 0.426. The normalized spacial score (nSPS) is 12.8. The van der Waals surface area contributed by atoms with Gasteiger partial charge in [0.2, 0.25) is 0 Å². The number of hydrogen-bond donors (Lipinski definition) is 0. The van der Waals surface area contributed by atoms with E-state index in [-0.39, 0.29) is 0 Å². The largest absolute Gasteiger partial charge is 0.489 e. The summed E-state index contributed by atoms with van der Waals surface area (Å²) in [5, 5.41) is 8.80. The van der Waals surface area contributed by atoms with Gasteiger partial charge in [0.1, 0.15) is 24.1 Å². The molecule has 2 aromatic rings. The van der Waals surface area contributed by atoms with E-state index in [4.69, 9.17) is 10.00 Å². The zero-order chi connectivity index (χ0) is 13.1. The number of rotatable bonds is 3. The maximum Gasteiger partial charge on any atom is 0.140 e. The van der Waals surface area contributed by atoms with Gasteiger partial charge in [-0.2, -0.15) is 5.26 Å². The van der Waals surface area contributed by atoms with Crippen LogP contribution in [0.4, 0.5) is 0 Å². The molecule has 1 aromatic carbocycles. The first-order valence-electron chi connectivity index (χ1n) is 6.45. The molecule has 94 valence electrons. The van der Waals surface area contributed by atoms with Gasteiger partial charge in [0.25, 0.3) is 0 Å². The summed E-state index contributed by atoms with van der Waals surface area (Å²) in [5.41, 5.74) is 4.25. The zero-order valence-electron chi connectivity index (χ0n) is 10.6. The van der Waals surface area contributed by atoms with Crippen molar-refractivity contribution in [1.82, 2.24) is 4.98 Å². The molecule has 0 saturated carbocycles. The number of nitriles is 1. The third kappa shape index (κ3) is 2.58. The quantitative estimate of drug-likeness (QED) is 0.841. The van der Waals surface area contributed by atoms with Crippen molar-refractivity contribution in [2.45, 2.75) is 25.9 Å². The fraction of sp³-hybridized carbons (Fsp3) is 0.250. The summed E-state index contributed by atoms with van der Waals surface area (Å²) in [6.07, 6.45) is 5.22. The van der Waals surface area contributed by atoms with E-state index in [2.05, 4.69) is 17.1 Å². The molecule has 0 radical (unpaired) electrons. The van der Waals surface area contributed by atoms with Crippen molar-refractivity contribution in [2.75, 3.05) is 0 Å². The number of fused-ring (bicyclic) bond motifs is 1. The Bertz CT molecular complexity index is 643. The Balaban J connectivity index is 1.70. The Labute approximate surface area is 112 Å². The lowest BCUT2D eigenvalue weighted by Crippen LogP contribution is -1.97. The van der Waals surface area contributed by atoms with Gasteiger partial charge in [-0.3, -0.25) is 0 Å². The fourth-order valence-electron chi connectivity index (χ4n) is 2.43. The van der Waals surface area contributed by atoms with Gasteiger partial charge in [0.05, 0.1) is 0 Å². The number of hydrogen-bond acceptors (Lipinski definition) is 3. The van der Waals surface area contributed by atoms with Crippen molar-refractivity contribution in [1.29, 1.82) is 5.26 Å². The molecule has 1 aliphatic carbocycles. The molecule has 1 aromatic heterocycles. The summed E-state index contributed by atoms with van der Waals surface area (Å²) in [7, 11) is 0. The van der Waals surface area contributed by atoms with Crippen molar-refractivity contribution in [3.8, 4) is 11.8 Å². The molecular formula is C16H14N2O. The van der Waals surface area contributed by atoms with E-state index in [1.165, 1.54) is 24.0 Å². The minimum Gasteiger partial charge on any atom is -0.489 e. The van der Waals surface area contributed by atoms with Gasteiger partial charge < -0.3 is 4.74 Å². The second-order valence-electron chi connectivity index (χ2n) is 4.73. The summed E-state index contributed by atoms with van der Waals surface area (Å²) >= 11 is 0. The average Bonchev–Trinajstić information content (AvgIpc) is 2.93. The van der Waals surface area contributed by atoms with E-state index in [1.807, 2.05) is 18.2 Å². The summed E-state index contributed by atoms with van der Waals surface area (Å²) in [5.74, 6) is 0.899. The predicted molar refractivity (Wildman–Crippen MR) is 71.8 cm³/mol. The molecule has 0 saturated heterocycles. The Morgan fingerprint density at radius 1 is 1.16 bits per heavy atom. The maximum absolute atomic E-state index is 8.80. The smallest absolute Gasteiger partial charge is 0.140 e. The van der Waals surface area contributed by atoms with E-state index in [0.717, 1.165) is 17.7 Å². The van der Waals surface area contributed by atoms with Crippen LogP contribution >= 0.6 is 0 Å². The zero-order valence-corrected chi connectivity index (χ0v) is 10.6. The van der Waals surface area contributed by atoms with Crippen LogP contribution in [-0.4, -0.2) is 4.98 Å². The van der Waals surface area contributed by atoms with Crippen LogP contribution in [0.1, 0.15) is 28.8 Å².